The molecule has 0 aliphatic heterocycles. The third-order valence-corrected chi connectivity index (χ3v) is 3.44. The van der Waals surface area contributed by atoms with E-state index in [1.54, 1.807) is 7.11 Å². The largest absolute Gasteiger partial charge is 0.497 e. The van der Waals surface area contributed by atoms with Gasteiger partial charge in [-0.15, -0.1) is 0 Å². The smallest absolute Gasteiger partial charge is 0.165 e. The third kappa shape index (κ3) is 2.26. The Kier molecular flexibility index (Phi) is 3.28. The highest BCUT2D eigenvalue weighted by molar-refractivity contribution is 5.98. The van der Waals surface area contributed by atoms with E-state index < -0.39 is 0 Å². The monoisotopic (exact) mass is 218 g/mol. The fourth-order valence-corrected chi connectivity index (χ4v) is 2.44. The van der Waals surface area contributed by atoms with Crippen LogP contribution in [0.15, 0.2) is 24.3 Å². The summed E-state index contributed by atoms with van der Waals surface area (Å²) >= 11 is 0. The highest BCUT2D eigenvalue weighted by Gasteiger charge is 2.27. The summed E-state index contributed by atoms with van der Waals surface area (Å²) in [6.45, 7) is 2.22. The van der Waals surface area contributed by atoms with Crippen LogP contribution in [0.5, 0.6) is 5.75 Å². The van der Waals surface area contributed by atoms with Gasteiger partial charge in [-0.2, -0.15) is 0 Å². The second kappa shape index (κ2) is 4.69. The van der Waals surface area contributed by atoms with E-state index in [-0.39, 0.29) is 5.92 Å². The maximum atomic E-state index is 12.2. The normalized spacial score (nSPS) is 24.4. The number of rotatable bonds is 3. The SMILES string of the molecule is COc1ccc(C(=O)C2CC[C@H](C)C2)cc1. The van der Waals surface area contributed by atoms with Crippen LogP contribution in [0.1, 0.15) is 36.5 Å². The Morgan fingerprint density at radius 2 is 1.94 bits per heavy atom. The summed E-state index contributed by atoms with van der Waals surface area (Å²) in [6.07, 6.45) is 3.28. The molecular formula is C14H18O2. The average Bonchev–Trinajstić information content (AvgIpc) is 2.75. The van der Waals surface area contributed by atoms with Gasteiger partial charge in [-0.3, -0.25) is 4.79 Å². The van der Waals surface area contributed by atoms with Crippen LogP contribution in [0, 0.1) is 11.8 Å². The first-order valence-electron chi connectivity index (χ1n) is 5.89. The van der Waals surface area contributed by atoms with Crippen LogP contribution in [-0.4, -0.2) is 12.9 Å². The standard InChI is InChI=1S/C14H18O2/c1-10-3-4-12(9-10)14(15)11-5-7-13(16-2)8-6-11/h5-8,10,12H,3-4,9H2,1-2H3/t10-,12?/m0/s1. The molecule has 1 aliphatic carbocycles. The van der Waals surface area contributed by atoms with Gasteiger partial charge in [0.15, 0.2) is 5.78 Å². The van der Waals surface area contributed by atoms with Crippen molar-refractivity contribution in [3.05, 3.63) is 29.8 Å². The number of carbonyl (C=O) groups is 1. The molecule has 0 amide bonds. The molecule has 2 nitrogen and oxygen atoms in total. The van der Waals surface area contributed by atoms with Crippen LogP contribution in [-0.2, 0) is 0 Å². The van der Waals surface area contributed by atoms with E-state index >= 15 is 0 Å². The van der Waals surface area contributed by atoms with E-state index in [1.165, 1.54) is 6.42 Å². The van der Waals surface area contributed by atoms with E-state index in [0.29, 0.717) is 11.7 Å². The maximum absolute atomic E-state index is 12.2. The van der Waals surface area contributed by atoms with E-state index in [0.717, 1.165) is 24.2 Å². The van der Waals surface area contributed by atoms with E-state index in [1.807, 2.05) is 24.3 Å². The fourth-order valence-electron chi connectivity index (χ4n) is 2.44. The Balaban J connectivity index is 2.08. The van der Waals surface area contributed by atoms with Gasteiger partial charge in [-0.25, -0.2) is 0 Å². The predicted octanol–water partition coefficient (Wildman–Crippen LogP) is 3.31. The van der Waals surface area contributed by atoms with Gasteiger partial charge in [0.1, 0.15) is 5.75 Å². The van der Waals surface area contributed by atoms with Crippen LogP contribution in [0.25, 0.3) is 0 Å². The average molecular weight is 218 g/mol. The quantitative estimate of drug-likeness (QED) is 0.727. The summed E-state index contributed by atoms with van der Waals surface area (Å²) < 4.78 is 5.08. The molecule has 1 unspecified atom stereocenters. The summed E-state index contributed by atoms with van der Waals surface area (Å²) in [5.41, 5.74) is 0.819. The van der Waals surface area contributed by atoms with Crippen molar-refractivity contribution >= 4 is 5.78 Å². The molecule has 1 aliphatic rings. The lowest BCUT2D eigenvalue weighted by atomic mass is 9.95. The number of hydrogen-bond acceptors (Lipinski definition) is 2. The first-order chi connectivity index (χ1) is 7.70. The van der Waals surface area contributed by atoms with Crippen LogP contribution in [0.4, 0.5) is 0 Å². The zero-order valence-corrected chi connectivity index (χ0v) is 9.90. The number of carbonyl (C=O) groups excluding carboxylic acids is 1. The Morgan fingerprint density at radius 1 is 1.25 bits per heavy atom. The first kappa shape index (κ1) is 11.2. The van der Waals surface area contributed by atoms with Crippen LogP contribution >= 0.6 is 0 Å². The van der Waals surface area contributed by atoms with E-state index in [2.05, 4.69) is 6.92 Å². The van der Waals surface area contributed by atoms with Crippen molar-refractivity contribution in [3.63, 3.8) is 0 Å². The topological polar surface area (TPSA) is 26.3 Å². The van der Waals surface area contributed by atoms with Crippen LogP contribution in [0.3, 0.4) is 0 Å². The molecule has 86 valence electrons. The van der Waals surface area contributed by atoms with Crippen molar-refractivity contribution in [2.45, 2.75) is 26.2 Å². The summed E-state index contributed by atoms with van der Waals surface area (Å²) in [4.78, 5) is 12.2. The van der Waals surface area contributed by atoms with Gasteiger partial charge >= 0.3 is 0 Å². The number of Topliss-reactive ketones (excluding diaryl/α,β-unsaturated/α-hetero) is 1. The lowest BCUT2D eigenvalue weighted by Crippen LogP contribution is -2.11. The number of methoxy groups -OCH3 is 1. The zero-order chi connectivity index (χ0) is 11.5. The van der Waals surface area contributed by atoms with Gasteiger partial charge in [0.25, 0.3) is 0 Å². The molecule has 0 bridgehead atoms. The van der Waals surface area contributed by atoms with Crippen molar-refractivity contribution in [2.75, 3.05) is 7.11 Å². The lowest BCUT2D eigenvalue weighted by Gasteiger charge is -2.08. The maximum Gasteiger partial charge on any atom is 0.165 e. The lowest BCUT2D eigenvalue weighted by molar-refractivity contribution is 0.0920. The van der Waals surface area contributed by atoms with Crippen molar-refractivity contribution < 1.29 is 9.53 Å². The second-order valence-corrected chi connectivity index (χ2v) is 4.71. The third-order valence-electron chi connectivity index (χ3n) is 3.44. The van der Waals surface area contributed by atoms with Crippen molar-refractivity contribution in [2.24, 2.45) is 11.8 Å². The number of hydrogen-bond donors (Lipinski definition) is 0. The van der Waals surface area contributed by atoms with Gasteiger partial charge in [0.05, 0.1) is 7.11 Å². The van der Waals surface area contributed by atoms with Gasteiger partial charge in [0, 0.05) is 11.5 Å². The molecule has 0 spiro atoms. The number of benzene rings is 1. The minimum atomic E-state index is 0.239. The molecule has 2 rings (SSSR count). The molecule has 2 atom stereocenters. The van der Waals surface area contributed by atoms with E-state index in [9.17, 15) is 4.79 Å². The number of ether oxygens (including phenoxy) is 1. The fraction of sp³-hybridized carbons (Fsp3) is 0.500. The summed E-state index contributed by atoms with van der Waals surface area (Å²) in [7, 11) is 1.63. The van der Waals surface area contributed by atoms with Gasteiger partial charge in [0.2, 0.25) is 0 Å². The molecule has 0 radical (unpaired) electrons. The molecule has 0 N–H and O–H groups in total. The molecule has 0 aromatic heterocycles. The Bertz CT molecular complexity index is 367. The summed E-state index contributed by atoms with van der Waals surface area (Å²) in [6, 6.07) is 7.44. The Morgan fingerprint density at radius 3 is 2.44 bits per heavy atom. The molecular weight excluding hydrogens is 200 g/mol. The molecule has 0 saturated heterocycles. The molecule has 1 aromatic rings. The van der Waals surface area contributed by atoms with Crippen molar-refractivity contribution in [1.29, 1.82) is 0 Å². The van der Waals surface area contributed by atoms with E-state index in [4.69, 9.17) is 4.74 Å². The highest BCUT2D eigenvalue weighted by atomic mass is 16.5. The van der Waals surface area contributed by atoms with Gasteiger partial charge in [-0.1, -0.05) is 6.92 Å². The minimum Gasteiger partial charge on any atom is -0.497 e. The molecule has 1 aromatic carbocycles. The Hall–Kier alpha value is -1.31. The first-order valence-corrected chi connectivity index (χ1v) is 5.89. The Labute approximate surface area is 96.6 Å². The molecule has 1 saturated carbocycles. The molecule has 1 fully saturated rings. The van der Waals surface area contributed by atoms with Crippen molar-refractivity contribution in [1.82, 2.24) is 0 Å². The summed E-state index contributed by atoms with van der Waals surface area (Å²) in [5, 5.41) is 0. The zero-order valence-electron chi connectivity index (χ0n) is 9.90. The molecule has 0 heterocycles. The summed E-state index contributed by atoms with van der Waals surface area (Å²) in [5.74, 6) is 2.04. The number of ketones is 1. The van der Waals surface area contributed by atoms with Crippen molar-refractivity contribution in [3.8, 4) is 5.75 Å². The van der Waals surface area contributed by atoms with Gasteiger partial charge in [-0.05, 0) is 49.4 Å². The predicted molar refractivity (Wildman–Crippen MR) is 63.8 cm³/mol. The van der Waals surface area contributed by atoms with Gasteiger partial charge < -0.3 is 4.74 Å². The molecule has 16 heavy (non-hydrogen) atoms. The second-order valence-electron chi connectivity index (χ2n) is 4.71. The highest BCUT2D eigenvalue weighted by Crippen LogP contribution is 2.32. The molecule has 2 heteroatoms. The van der Waals surface area contributed by atoms with Crippen LogP contribution in [0.2, 0.25) is 0 Å². The van der Waals surface area contributed by atoms with Crippen LogP contribution < -0.4 is 4.74 Å². The minimum absolute atomic E-state index is 0.239.